The topological polar surface area (TPSA) is 24.2 Å². The highest BCUT2D eigenvalue weighted by Crippen LogP contribution is 2.36. The maximum absolute atomic E-state index is 9.05. The third-order valence-corrected chi connectivity index (χ3v) is 4.42. The molecule has 2 aromatic rings. The van der Waals surface area contributed by atoms with Crippen LogP contribution in [0.5, 0.6) is 0 Å². The summed E-state index contributed by atoms with van der Waals surface area (Å²) >= 11 is 0. The number of aromatic nitrogens is 1. The van der Waals surface area contributed by atoms with Crippen LogP contribution in [0, 0.1) is 0 Å². The highest BCUT2D eigenvalue weighted by Gasteiger charge is 2.34. The van der Waals surface area contributed by atoms with Gasteiger partial charge >= 0.3 is 11.5 Å². The molecule has 2 nitrogen and oxygen atoms in total. The first-order chi connectivity index (χ1) is 14.1. The van der Waals surface area contributed by atoms with E-state index in [9.17, 15) is 0 Å². The number of nitrogens with zero attached hydrogens (tertiary/aromatic N) is 1. The molecule has 0 N–H and O–H groups in total. The molecule has 0 atom stereocenters. The van der Waals surface area contributed by atoms with E-state index in [1.807, 2.05) is 83.1 Å². The van der Waals surface area contributed by atoms with Gasteiger partial charge in [-0.05, 0) is 64.8 Å². The van der Waals surface area contributed by atoms with E-state index in [2.05, 4.69) is 0 Å². The SMILES string of the molecule is [2H]c1c(C(C)(C)C)nc(C(C)(C)C)c([2H])c1-c1c([2H])c(C(C)(C)C)[o+]c(C(C)(C)C)c1[2H]. The van der Waals surface area contributed by atoms with Crippen molar-refractivity contribution in [2.75, 3.05) is 0 Å². The molecule has 2 heterocycles. The number of pyridine rings is 1. The number of hydrogen-bond acceptors (Lipinski definition) is 1. The predicted octanol–water partition coefficient (Wildman–Crippen LogP) is 7.81. The lowest BCUT2D eigenvalue weighted by Gasteiger charge is -2.25. The molecule has 0 aliphatic heterocycles. The van der Waals surface area contributed by atoms with Crippen molar-refractivity contribution in [2.45, 2.75) is 105 Å². The Hall–Kier alpha value is -1.70. The minimum atomic E-state index is -0.476. The molecule has 0 saturated carbocycles. The maximum Gasteiger partial charge on any atom is 0.335 e. The molecule has 0 fully saturated rings. The summed E-state index contributed by atoms with van der Waals surface area (Å²) in [7, 11) is 0. The first kappa shape index (κ1) is 17.2. The first-order valence-electron chi connectivity index (χ1n) is 12.1. The molecule has 0 aliphatic rings. The molecule has 2 rings (SSSR count). The van der Waals surface area contributed by atoms with Gasteiger partial charge in [-0.15, -0.1) is 0 Å². The second-order valence-corrected chi connectivity index (χ2v) is 11.8. The van der Waals surface area contributed by atoms with E-state index < -0.39 is 21.7 Å². The Bertz CT molecular complexity index is 884. The smallest absolute Gasteiger partial charge is 0.257 e. The molecule has 0 radical (unpaired) electrons. The molecule has 0 aromatic carbocycles. The van der Waals surface area contributed by atoms with Crippen LogP contribution in [0.25, 0.3) is 11.1 Å². The van der Waals surface area contributed by atoms with Crippen LogP contribution in [0.3, 0.4) is 0 Å². The fourth-order valence-corrected chi connectivity index (χ4v) is 2.49. The molecule has 0 bridgehead atoms. The second kappa shape index (κ2) is 6.97. The summed E-state index contributed by atoms with van der Waals surface area (Å²) in [5, 5.41) is 0. The third kappa shape index (κ3) is 5.21. The van der Waals surface area contributed by atoms with Crippen LogP contribution in [0.1, 0.15) is 111 Å². The van der Waals surface area contributed by atoms with Gasteiger partial charge in [0, 0.05) is 34.3 Å². The van der Waals surface area contributed by atoms with Crippen LogP contribution in [0.2, 0.25) is 0 Å². The molecule has 0 aliphatic carbocycles. The van der Waals surface area contributed by atoms with Crippen LogP contribution in [-0.2, 0) is 21.7 Å². The van der Waals surface area contributed by atoms with Gasteiger partial charge in [0.25, 0.3) is 0 Å². The van der Waals surface area contributed by atoms with Crippen LogP contribution in [-0.4, -0.2) is 4.98 Å². The molecular weight excluding hydrogens is 342 g/mol. The summed E-state index contributed by atoms with van der Waals surface area (Å²) < 4.78 is 42.3. The Morgan fingerprint density at radius 1 is 0.571 bits per heavy atom. The van der Waals surface area contributed by atoms with Gasteiger partial charge in [0.2, 0.25) is 0 Å². The number of rotatable bonds is 1. The lowest BCUT2D eigenvalue weighted by atomic mass is 9.84. The third-order valence-electron chi connectivity index (χ3n) is 4.42. The van der Waals surface area contributed by atoms with Gasteiger partial charge in [0.15, 0.2) is 0 Å². The van der Waals surface area contributed by atoms with Crippen molar-refractivity contribution in [3.8, 4) is 11.1 Å². The maximum atomic E-state index is 9.05. The molecule has 2 aromatic heterocycles. The normalized spacial score (nSPS) is 15.7. The molecular formula is C26H40NO+. The minimum absolute atomic E-state index is 0.0726. The Kier molecular flexibility index (Phi) is 4.28. The van der Waals surface area contributed by atoms with Gasteiger partial charge in [0.1, 0.15) is 0 Å². The van der Waals surface area contributed by atoms with E-state index >= 15 is 0 Å². The molecule has 0 unspecified atom stereocenters. The lowest BCUT2D eigenvalue weighted by Crippen LogP contribution is -2.20. The van der Waals surface area contributed by atoms with Gasteiger partial charge in [-0.3, -0.25) is 4.98 Å². The lowest BCUT2D eigenvalue weighted by molar-refractivity contribution is 0.329. The predicted molar refractivity (Wildman–Crippen MR) is 121 cm³/mol. The summed E-state index contributed by atoms with van der Waals surface area (Å²) in [5.41, 5.74) is -0.0692. The van der Waals surface area contributed by atoms with Crippen molar-refractivity contribution in [1.82, 2.24) is 4.98 Å². The van der Waals surface area contributed by atoms with E-state index in [-0.39, 0.29) is 24.2 Å². The first-order valence-corrected chi connectivity index (χ1v) is 10.1. The van der Waals surface area contributed by atoms with Crippen molar-refractivity contribution in [3.05, 3.63) is 47.1 Å². The van der Waals surface area contributed by atoms with Crippen molar-refractivity contribution in [1.29, 1.82) is 0 Å². The molecule has 154 valence electrons. The summed E-state index contributed by atoms with van der Waals surface area (Å²) in [6.45, 7) is 23.8. The van der Waals surface area contributed by atoms with Gasteiger partial charge < -0.3 is 0 Å². The van der Waals surface area contributed by atoms with E-state index in [4.69, 9.17) is 14.9 Å². The summed E-state index contributed by atoms with van der Waals surface area (Å²) in [5.74, 6) is 0.914. The standard InChI is InChI=1S/C26H40NO/c1-23(2,3)19-13-17(14-20(27-19)24(4,5)6)18-15-21(25(7,8)9)28-22(16-18)26(10,11)12/h13-16H,1-12H3/q+1/i13D,14D,15D,16D. The quantitative estimate of drug-likeness (QED) is 0.467. The average Bonchev–Trinajstić information content (AvgIpc) is 2.52. The van der Waals surface area contributed by atoms with Gasteiger partial charge in [-0.25, -0.2) is 4.42 Å². The van der Waals surface area contributed by atoms with Crippen LogP contribution in [0.4, 0.5) is 0 Å². The van der Waals surface area contributed by atoms with Gasteiger partial charge in [-0.1, -0.05) is 41.5 Å². The Morgan fingerprint density at radius 3 is 1.18 bits per heavy atom. The average molecular weight is 387 g/mol. The summed E-state index contributed by atoms with van der Waals surface area (Å²) in [6, 6.07) is 0.374. The monoisotopic (exact) mass is 386 g/mol. The van der Waals surface area contributed by atoms with Crippen LogP contribution >= 0.6 is 0 Å². The Labute approximate surface area is 178 Å². The molecule has 0 saturated heterocycles. The molecule has 0 spiro atoms. The summed E-state index contributed by atoms with van der Waals surface area (Å²) in [6.07, 6.45) is 0. The summed E-state index contributed by atoms with van der Waals surface area (Å²) in [4.78, 5) is 4.78. The highest BCUT2D eigenvalue weighted by atomic mass is 16.3. The molecule has 0 amide bonds. The highest BCUT2D eigenvalue weighted by molar-refractivity contribution is 5.66. The fourth-order valence-electron chi connectivity index (χ4n) is 2.49. The van der Waals surface area contributed by atoms with Gasteiger partial charge in [0.05, 0.1) is 16.3 Å². The van der Waals surface area contributed by atoms with Gasteiger partial charge in [-0.2, -0.15) is 0 Å². The van der Waals surface area contributed by atoms with Crippen LogP contribution < -0.4 is 0 Å². The fraction of sp³-hybridized carbons (Fsp3) is 0.615. The number of hydrogen-bond donors (Lipinski definition) is 0. The molecule has 28 heavy (non-hydrogen) atoms. The van der Waals surface area contributed by atoms with Crippen molar-refractivity contribution in [3.63, 3.8) is 0 Å². The Morgan fingerprint density at radius 2 is 0.893 bits per heavy atom. The van der Waals surface area contributed by atoms with E-state index in [0.29, 0.717) is 34.0 Å². The van der Waals surface area contributed by atoms with Crippen molar-refractivity contribution < 1.29 is 9.90 Å². The largest absolute Gasteiger partial charge is 0.335 e. The van der Waals surface area contributed by atoms with E-state index in [1.54, 1.807) is 0 Å². The zero-order valence-electron chi connectivity index (χ0n) is 23.9. The minimum Gasteiger partial charge on any atom is -0.257 e. The zero-order valence-corrected chi connectivity index (χ0v) is 19.9. The Balaban J connectivity index is 3.23. The zero-order chi connectivity index (χ0) is 25.2. The second-order valence-electron chi connectivity index (χ2n) is 11.8. The molecule has 2 heteroatoms. The van der Waals surface area contributed by atoms with E-state index in [1.165, 1.54) is 0 Å². The van der Waals surface area contributed by atoms with Crippen LogP contribution in [0.15, 0.2) is 28.6 Å². The van der Waals surface area contributed by atoms with Crippen molar-refractivity contribution in [2.24, 2.45) is 0 Å². The van der Waals surface area contributed by atoms with Crippen molar-refractivity contribution >= 4 is 0 Å². The van der Waals surface area contributed by atoms with E-state index in [0.717, 1.165) is 0 Å².